The van der Waals surface area contributed by atoms with Crippen LogP contribution >= 0.6 is 0 Å². The van der Waals surface area contributed by atoms with E-state index in [2.05, 4.69) is 15.3 Å². The molecule has 0 bridgehead atoms. The molecule has 1 rings (SSSR count). The Hall–Kier alpha value is -2.48. The quantitative estimate of drug-likeness (QED) is 0.0843. The van der Waals surface area contributed by atoms with Crippen molar-refractivity contribution >= 4 is 17.7 Å². The summed E-state index contributed by atoms with van der Waals surface area (Å²) in [7, 11) is 0. The van der Waals surface area contributed by atoms with Gasteiger partial charge in [0, 0.05) is 18.9 Å². The number of nitrogens with zero attached hydrogens (tertiary/aromatic N) is 1. The van der Waals surface area contributed by atoms with Crippen molar-refractivity contribution < 1.29 is 15.0 Å². The van der Waals surface area contributed by atoms with Crippen LogP contribution in [-0.2, 0) is 4.79 Å². The molecule has 1 atom stereocenters. The number of rotatable bonds is 19. The molecule has 1 aromatic rings. The van der Waals surface area contributed by atoms with Crippen molar-refractivity contribution in [3.05, 3.63) is 30.0 Å². The first-order chi connectivity index (χ1) is 15.0. The molecule has 0 saturated carbocycles. The van der Waals surface area contributed by atoms with Crippen molar-refractivity contribution in [3.8, 4) is 0 Å². The van der Waals surface area contributed by atoms with E-state index >= 15 is 0 Å². The molecule has 176 valence electrons. The van der Waals surface area contributed by atoms with Crippen molar-refractivity contribution in [2.24, 2.45) is 16.5 Å². The molecule has 0 radical (unpaired) electrons. The van der Waals surface area contributed by atoms with Crippen LogP contribution in [0.4, 0.5) is 5.82 Å². The summed E-state index contributed by atoms with van der Waals surface area (Å²) in [6.07, 6.45) is 16.7. The van der Waals surface area contributed by atoms with Crippen molar-refractivity contribution in [2.45, 2.75) is 83.1 Å². The number of carbonyl (C=O) groups is 1. The SMILES string of the molecule is NC(N)=NC/C(=C\C(=O)O)[C@H](CCCCCCCCCCCCCO)Nc1ccc[nH]1. The summed E-state index contributed by atoms with van der Waals surface area (Å²) >= 11 is 0. The van der Waals surface area contributed by atoms with Crippen molar-refractivity contribution in [3.63, 3.8) is 0 Å². The second-order valence-electron chi connectivity index (χ2n) is 7.98. The fraction of sp³-hybridized carbons (Fsp3) is 0.652. The molecule has 0 unspecified atom stereocenters. The standard InChI is InChI=1S/C23H41N5O3/c24-23(25)27-18-19(17-22(30)31)20(28-21-14-12-15-26-21)13-10-8-6-4-2-1-3-5-7-9-11-16-29/h12,14-15,17,20,26,28-29H,1-11,13,16,18H2,(H,30,31)(H4,24,25,27)/b19-17+/t20-/m0/s1. The Kier molecular flexibility index (Phi) is 14.8. The summed E-state index contributed by atoms with van der Waals surface area (Å²) in [5, 5.41) is 21.4. The number of carboxylic acids is 1. The van der Waals surface area contributed by atoms with Crippen LogP contribution in [0.5, 0.6) is 0 Å². The number of aliphatic hydroxyl groups excluding tert-OH is 1. The van der Waals surface area contributed by atoms with Crippen LogP contribution in [-0.4, -0.2) is 46.3 Å². The van der Waals surface area contributed by atoms with E-state index in [1.807, 2.05) is 18.3 Å². The zero-order chi connectivity index (χ0) is 22.7. The number of hydrogen-bond donors (Lipinski definition) is 6. The van der Waals surface area contributed by atoms with E-state index < -0.39 is 5.97 Å². The molecule has 8 N–H and O–H groups in total. The Bertz CT molecular complexity index is 640. The first-order valence-electron chi connectivity index (χ1n) is 11.5. The fourth-order valence-electron chi connectivity index (χ4n) is 3.61. The smallest absolute Gasteiger partial charge is 0.328 e. The Morgan fingerprint density at radius 1 is 1.03 bits per heavy atom. The summed E-state index contributed by atoms with van der Waals surface area (Å²) in [6.45, 7) is 0.467. The molecule has 0 spiro atoms. The summed E-state index contributed by atoms with van der Waals surface area (Å²) in [5.41, 5.74) is 11.5. The summed E-state index contributed by atoms with van der Waals surface area (Å²) in [5.74, 6) is -0.219. The zero-order valence-corrected chi connectivity index (χ0v) is 18.7. The predicted molar refractivity (Wildman–Crippen MR) is 127 cm³/mol. The van der Waals surface area contributed by atoms with Crippen molar-refractivity contribution in [1.29, 1.82) is 0 Å². The molecule has 31 heavy (non-hydrogen) atoms. The minimum atomic E-state index is -1.00. The lowest BCUT2D eigenvalue weighted by Crippen LogP contribution is -2.27. The maximum atomic E-state index is 11.3. The number of anilines is 1. The van der Waals surface area contributed by atoms with Crippen LogP contribution in [0.3, 0.4) is 0 Å². The van der Waals surface area contributed by atoms with Crippen LogP contribution in [0.2, 0.25) is 0 Å². The maximum absolute atomic E-state index is 11.3. The number of aromatic amines is 1. The molecule has 8 heteroatoms. The van der Waals surface area contributed by atoms with Gasteiger partial charge in [0.1, 0.15) is 5.82 Å². The second kappa shape index (κ2) is 17.2. The molecule has 0 aliphatic carbocycles. The number of aliphatic carboxylic acids is 1. The lowest BCUT2D eigenvalue weighted by Gasteiger charge is -2.21. The van der Waals surface area contributed by atoms with E-state index in [1.54, 1.807) is 0 Å². The van der Waals surface area contributed by atoms with Gasteiger partial charge in [0.25, 0.3) is 0 Å². The Balaban J connectivity index is 2.39. The highest BCUT2D eigenvalue weighted by molar-refractivity contribution is 5.81. The number of aromatic nitrogens is 1. The predicted octanol–water partition coefficient (Wildman–Crippen LogP) is 3.75. The van der Waals surface area contributed by atoms with Gasteiger partial charge in [-0.05, 0) is 30.5 Å². The molecular weight excluding hydrogens is 394 g/mol. The highest BCUT2D eigenvalue weighted by atomic mass is 16.4. The van der Waals surface area contributed by atoms with Gasteiger partial charge >= 0.3 is 5.97 Å². The maximum Gasteiger partial charge on any atom is 0.328 e. The number of nitrogens with two attached hydrogens (primary N) is 2. The Morgan fingerprint density at radius 2 is 1.61 bits per heavy atom. The zero-order valence-electron chi connectivity index (χ0n) is 18.7. The van der Waals surface area contributed by atoms with E-state index in [0.717, 1.165) is 37.9 Å². The van der Waals surface area contributed by atoms with Crippen LogP contribution < -0.4 is 16.8 Å². The van der Waals surface area contributed by atoms with Gasteiger partial charge in [-0.3, -0.25) is 0 Å². The molecule has 0 amide bonds. The number of hydrogen-bond acceptors (Lipinski definition) is 4. The largest absolute Gasteiger partial charge is 0.478 e. The molecule has 0 aliphatic heterocycles. The van der Waals surface area contributed by atoms with Gasteiger partial charge < -0.3 is 32.0 Å². The van der Waals surface area contributed by atoms with Gasteiger partial charge in [-0.15, -0.1) is 0 Å². The average Bonchev–Trinajstić information content (AvgIpc) is 3.24. The Labute approximate surface area is 186 Å². The molecule has 1 heterocycles. The number of nitrogens with one attached hydrogen (secondary N) is 2. The molecule has 8 nitrogen and oxygen atoms in total. The summed E-state index contributed by atoms with van der Waals surface area (Å²) in [4.78, 5) is 18.4. The van der Waals surface area contributed by atoms with Crippen LogP contribution in [0.1, 0.15) is 77.0 Å². The third-order valence-electron chi connectivity index (χ3n) is 5.28. The number of aliphatic imine (C=N–C) groups is 1. The monoisotopic (exact) mass is 435 g/mol. The van der Waals surface area contributed by atoms with Gasteiger partial charge in [0.15, 0.2) is 5.96 Å². The third kappa shape index (κ3) is 14.2. The topological polar surface area (TPSA) is 150 Å². The number of guanidine groups is 1. The van der Waals surface area contributed by atoms with E-state index in [-0.39, 0.29) is 18.5 Å². The van der Waals surface area contributed by atoms with E-state index in [9.17, 15) is 9.90 Å². The highest BCUT2D eigenvalue weighted by Gasteiger charge is 2.16. The minimum Gasteiger partial charge on any atom is -0.478 e. The summed E-state index contributed by atoms with van der Waals surface area (Å²) < 4.78 is 0. The van der Waals surface area contributed by atoms with Crippen LogP contribution in [0.25, 0.3) is 0 Å². The van der Waals surface area contributed by atoms with Crippen LogP contribution in [0, 0.1) is 0 Å². The third-order valence-corrected chi connectivity index (χ3v) is 5.28. The van der Waals surface area contributed by atoms with Gasteiger partial charge in [-0.2, -0.15) is 0 Å². The van der Waals surface area contributed by atoms with Gasteiger partial charge in [-0.25, -0.2) is 9.79 Å². The number of carboxylic acid groups (broad SMARTS) is 1. The van der Waals surface area contributed by atoms with Crippen molar-refractivity contribution in [1.82, 2.24) is 4.98 Å². The molecular formula is C23H41N5O3. The molecule has 0 aromatic carbocycles. The van der Waals surface area contributed by atoms with E-state index in [0.29, 0.717) is 12.2 Å². The number of aliphatic hydroxyl groups is 1. The lowest BCUT2D eigenvalue weighted by molar-refractivity contribution is -0.131. The number of H-pyrrole nitrogens is 1. The van der Waals surface area contributed by atoms with Gasteiger partial charge in [-0.1, -0.05) is 64.2 Å². The highest BCUT2D eigenvalue weighted by Crippen LogP contribution is 2.19. The molecule has 0 saturated heterocycles. The average molecular weight is 436 g/mol. The minimum absolute atomic E-state index is 0.0525. The fourth-order valence-corrected chi connectivity index (χ4v) is 3.61. The van der Waals surface area contributed by atoms with E-state index in [4.69, 9.17) is 16.6 Å². The normalized spacial score (nSPS) is 12.5. The van der Waals surface area contributed by atoms with Gasteiger partial charge in [0.2, 0.25) is 0 Å². The Morgan fingerprint density at radius 3 is 2.10 bits per heavy atom. The first-order valence-corrected chi connectivity index (χ1v) is 11.5. The lowest BCUT2D eigenvalue weighted by atomic mass is 9.98. The summed E-state index contributed by atoms with van der Waals surface area (Å²) in [6, 6.07) is 3.65. The van der Waals surface area contributed by atoms with Crippen LogP contribution in [0.15, 0.2) is 35.0 Å². The number of unbranched alkanes of at least 4 members (excludes halogenated alkanes) is 10. The molecule has 0 fully saturated rings. The molecule has 1 aromatic heterocycles. The van der Waals surface area contributed by atoms with Gasteiger partial charge in [0.05, 0.1) is 12.6 Å². The second-order valence-corrected chi connectivity index (χ2v) is 7.98. The molecule has 0 aliphatic rings. The first kappa shape index (κ1) is 26.6. The van der Waals surface area contributed by atoms with Crippen molar-refractivity contribution in [2.75, 3.05) is 18.5 Å². The van der Waals surface area contributed by atoms with E-state index in [1.165, 1.54) is 51.0 Å².